The molecule has 2 saturated carbocycles. The number of hydrogen-bond donors (Lipinski definition) is 1. The van der Waals surface area contributed by atoms with E-state index < -0.39 is 0 Å². The summed E-state index contributed by atoms with van der Waals surface area (Å²) >= 11 is 4.77. The van der Waals surface area contributed by atoms with Gasteiger partial charge in [0.25, 0.3) is 0 Å². The number of anilines is 1. The van der Waals surface area contributed by atoms with Gasteiger partial charge in [0.15, 0.2) is 0 Å². The molecule has 162 valence electrons. The fourth-order valence-corrected chi connectivity index (χ4v) is 10.6. The summed E-state index contributed by atoms with van der Waals surface area (Å²) in [5.41, 5.74) is 1.79. The van der Waals surface area contributed by atoms with Gasteiger partial charge in [0.05, 0.1) is 22.5 Å². The van der Waals surface area contributed by atoms with E-state index in [0.29, 0.717) is 5.69 Å². The monoisotopic (exact) mass is 480 g/mol. The van der Waals surface area contributed by atoms with Gasteiger partial charge in [-0.3, -0.25) is 19.3 Å². The van der Waals surface area contributed by atoms with Gasteiger partial charge in [-0.1, -0.05) is 35.1 Å². The molecule has 1 N–H and O–H groups in total. The van der Waals surface area contributed by atoms with Gasteiger partial charge in [-0.2, -0.15) is 0 Å². The quantitative estimate of drug-likeness (QED) is 0.549. The molecule has 0 spiro atoms. The predicted molar refractivity (Wildman–Crippen MR) is 126 cm³/mol. The lowest BCUT2D eigenvalue weighted by Gasteiger charge is -2.42. The normalized spacial score (nSPS) is 34.7. The van der Waals surface area contributed by atoms with Crippen LogP contribution in [0.1, 0.15) is 27.7 Å². The highest BCUT2D eigenvalue weighted by Gasteiger charge is 2.69. The van der Waals surface area contributed by atoms with Crippen molar-refractivity contribution in [3.8, 4) is 0 Å². The Morgan fingerprint density at radius 1 is 1.00 bits per heavy atom. The molecule has 32 heavy (non-hydrogen) atoms. The third-order valence-electron chi connectivity index (χ3n) is 7.87. The van der Waals surface area contributed by atoms with E-state index in [-0.39, 0.29) is 57.4 Å². The van der Waals surface area contributed by atoms with Crippen molar-refractivity contribution in [2.45, 2.75) is 29.5 Å². The predicted octanol–water partition coefficient (Wildman–Crippen LogP) is 4.48. The highest BCUT2D eigenvalue weighted by atomic mass is 32.2. The van der Waals surface area contributed by atoms with Crippen LogP contribution in [-0.4, -0.2) is 22.0 Å². The average molecular weight is 481 g/mol. The SMILES string of the molecule is Cc1ccc(N2C(=O)[C@@H]3[C@@H]4C[C@@H]([C@@H]3C2=O)[C@H]2[C@@H](c3cccs3)c3sc(=O)[nH]c3S[C@H]42)cc1. The number of aromatic nitrogens is 1. The van der Waals surface area contributed by atoms with Gasteiger partial charge in [0.1, 0.15) is 0 Å². The summed E-state index contributed by atoms with van der Waals surface area (Å²) in [6, 6.07) is 11.9. The summed E-state index contributed by atoms with van der Waals surface area (Å²) < 4.78 is 0. The Balaban J connectivity index is 1.32. The molecule has 2 bridgehead atoms. The molecule has 2 aliphatic carbocycles. The van der Waals surface area contributed by atoms with Gasteiger partial charge in [0.2, 0.25) is 11.8 Å². The minimum Gasteiger partial charge on any atom is -0.307 e. The van der Waals surface area contributed by atoms with E-state index in [9.17, 15) is 14.4 Å². The molecule has 2 aliphatic heterocycles. The Bertz CT molecular complexity index is 1310. The number of amides is 2. The fraction of sp³-hybridized carbons (Fsp3) is 0.375. The van der Waals surface area contributed by atoms with Crippen LogP contribution in [0.25, 0.3) is 0 Å². The summed E-state index contributed by atoms with van der Waals surface area (Å²) in [5, 5.41) is 3.30. The van der Waals surface area contributed by atoms with Crippen molar-refractivity contribution in [3.63, 3.8) is 0 Å². The van der Waals surface area contributed by atoms with Crippen LogP contribution in [0.4, 0.5) is 5.69 Å². The maximum atomic E-state index is 13.6. The number of carbonyl (C=O) groups excluding carboxylic acids is 2. The molecule has 0 radical (unpaired) electrons. The number of aromatic amines is 1. The molecular formula is C24H20N2O3S3. The van der Waals surface area contributed by atoms with Crippen LogP contribution in [-0.2, 0) is 9.59 Å². The molecule has 1 aromatic carbocycles. The number of thioether (sulfide) groups is 1. The molecule has 4 aliphatic rings. The molecule has 8 heteroatoms. The minimum atomic E-state index is -0.240. The van der Waals surface area contributed by atoms with Crippen LogP contribution in [0.15, 0.2) is 51.6 Å². The smallest absolute Gasteiger partial charge is 0.305 e. The van der Waals surface area contributed by atoms with E-state index in [1.54, 1.807) is 23.1 Å². The zero-order valence-electron chi connectivity index (χ0n) is 17.2. The lowest BCUT2D eigenvalue weighted by molar-refractivity contribution is -0.123. The highest BCUT2D eigenvalue weighted by molar-refractivity contribution is 8.00. The minimum absolute atomic E-state index is 0.0192. The number of thiazole rings is 1. The molecule has 5 nitrogen and oxygen atoms in total. The third-order valence-corrected chi connectivity index (χ3v) is 11.4. The Kier molecular flexibility index (Phi) is 4.03. The molecular weight excluding hydrogens is 460 g/mol. The zero-order valence-corrected chi connectivity index (χ0v) is 19.6. The number of thiophene rings is 1. The van der Waals surface area contributed by atoms with E-state index in [1.165, 1.54) is 21.1 Å². The van der Waals surface area contributed by atoms with Crippen molar-refractivity contribution in [2.75, 3.05) is 4.90 Å². The molecule has 2 aromatic heterocycles. The van der Waals surface area contributed by atoms with Gasteiger partial charge in [-0.25, -0.2) is 0 Å². The highest BCUT2D eigenvalue weighted by Crippen LogP contribution is 2.68. The standard InChI is InChI=1S/C24H20N2O3S3/c1-10-4-6-11(7-5-10)26-22(27)16-12-9-13(17(16)23(26)28)19-15(12)18(14-3-2-8-30-14)20-21(31-19)25-24(29)32-20/h2-8,12-13,15-19H,9H2,1H3,(H,25,29)/t12-,13+,15+,16+,17-,18-,19-/m1/s1. The Morgan fingerprint density at radius 2 is 1.75 bits per heavy atom. The number of benzene rings is 1. The Morgan fingerprint density at radius 3 is 2.47 bits per heavy atom. The van der Waals surface area contributed by atoms with Crippen molar-refractivity contribution < 1.29 is 9.59 Å². The van der Waals surface area contributed by atoms with Crippen LogP contribution < -0.4 is 9.77 Å². The summed E-state index contributed by atoms with van der Waals surface area (Å²) in [4.78, 5) is 46.3. The zero-order chi connectivity index (χ0) is 21.7. The summed E-state index contributed by atoms with van der Waals surface area (Å²) in [6.07, 6.45) is 0.929. The fourth-order valence-electron chi connectivity index (χ4n) is 6.75. The number of rotatable bonds is 2. The topological polar surface area (TPSA) is 70.2 Å². The van der Waals surface area contributed by atoms with E-state index in [1.807, 2.05) is 31.2 Å². The molecule has 3 aromatic rings. The first kappa shape index (κ1) is 19.3. The number of H-pyrrole nitrogens is 1. The van der Waals surface area contributed by atoms with E-state index in [4.69, 9.17) is 0 Å². The van der Waals surface area contributed by atoms with Gasteiger partial charge in [-0.05, 0) is 54.7 Å². The van der Waals surface area contributed by atoms with E-state index in [2.05, 4.69) is 22.5 Å². The van der Waals surface area contributed by atoms with Crippen molar-refractivity contribution in [1.29, 1.82) is 0 Å². The van der Waals surface area contributed by atoms with Crippen LogP contribution in [0.3, 0.4) is 0 Å². The lowest BCUT2D eigenvalue weighted by atomic mass is 9.69. The summed E-state index contributed by atoms with van der Waals surface area (Å²) in [6.45, 7) is 2.00. The van der Waals surface area contributed by atoms with E-state index in [0.717, 1.165) is 21.9 Å². The summed E-state index contributed by atoms with van der Waals surface area (Å²) in [5.74, 6) is 0.211. The van der Waals surface area contributed by atoms with Gasteiger partial charge in [0, 0.05) is 20.9 Å². The van der Waals surface area contributed by atoms with Crippen molar-refractivity contribution in [3.05, 3.63) is 66.8 Å². The number of imide groups is 1. The van der Waals surface area contributed by atoms with Crippen LogP contribution >= 0.6 is 34.4 Å². The molecule has 3 fully saturated rings. The van der Waals surface area contributed by atoms with Crippen molar-refractivity contribution >= 4 is 51.9 Å². The number of hydrogen-bond acceptors (Lipinski definition) is 6. The average Bonchev–Trinajstić information content (AvgIpc) is 3.57. The number of nitrogens with one attached hydrogen (secondary N) is 1. The van der Waals surface area contributed by atoms with Crippen molar-refractivity contribution in [1.82, 2.24) is 4.98 Å². The third kappa shape index (κ3) is 2.43. The second kappa shape index (κ2) is 6.68. The summed E-state index contributed by atoms with van der Waals surface area (Å²) in [7, 11) is 0. The van der Waals surface area contributed by atoms with E-state index >= 15 is 0 Å². The van der Waals surface area contributed by atoms with Crippen LogP contribution in [0.2, 0.25) is 0 Å². The maximum Gasteiger partial charge on any atom is 0.305 e. The lowest BCUT2D eigenvalue weighted by Crippen LogP contribution is -2.42. The first-order valence-electron chi connectivity index (χ1n) is 10.9. The Hall–Kier alpha value is -2.16. The van der Waals surface area contributed by atoms with Crippen LogP contribution in [0.5, 0.6) is 0 Å². The molecule has 2 amide bonds. The first-order chi connectivity index (χ1) is 15.5. The van der Waals surface area contributed by atoms with Gasteiger partial charge >= 0.3 is 4.87 Å². The Labute approximate surface area is 196 Å². The number of fused-ring (bicyclic) bond motifs is 9. The number of nitrogens with zero attached hydrogens (tertiary/aromatic N) is 1. The van der Waals surface area contributed by atoms with Crippen LogP contribution in [0, 0.1) is 36.5 Å². The van der Waals surface area contributed by atoms with Gasteiger partial charge < -0.3 is 4.98 Å². The molecule has 7 atom stereocenters. The molecule has 0 unspecified atom stereocenters. The number of carbonyl (C=O) groups is 2. The van der Waals surface area contributed by atoms with Gasteiger partial charge in [-0.15, -0.1) is 23.1 Å². The number of aryl methyl sites for hydroxylation is 1. The maximum absolute atomic E-state index is 13.6. The first-order valence-corrected chi connectivity index (χ1v) is 13.5. The second-order valence-electron chi connectivity index (χ2n) is 9.32. The van der Waals surface area contributed by atoms with Crippen molar-refractivity contribution in [2.24, 2.45) is 29.6 Å². The largest absolute Gasteiger partial charge is 0.307 e. The molecule has 1 saturated heterocycles. The second-order valence-corrected chi connectivity index (χ2v) is 12.5. The molecule has 4 heterocycles. The molecule has 7 rings (SSSR count).